The van der Waals surface area contributed by atoms with Gasteiger partial charge in [-0.2, -0.15) is 5.26 Å². The van der Waals surface area contributed by atoms with E-state index >= 15 is 0 Å². The number of nitriles is 1. The lowest BCUT2D eigenvalue weighted by atomic mass is 10.1. The molecule has 0 saturated carbocycles. The van der Waals surface area contributed by atoms with Crippen LogP contribution in [-0.2, 0) is 6.54 Å². The standard InChI is InChI=1S/C22H19Cl2N7O2/c1-32-20-10-18(15(23)8-16(20)24)29-22-13(11-25)12-27-17-9-19(21(33-2)7-14(17)22)26-3-5-31-6-4-28-30-31/h4,6-10,12,26H,3,5H2,1-2H3,(H,27,29). The molecule has 0 amide bonds. The minimum Gasteiger partial charge on any atom is -0.495 e. The Morgan fingerprint density at radius 1 is 1.06 bits per heavy atom. The number of halogens is 2. The first kappa shape index (κ1) is 22.5. The molecule has 2 heterocycles. The molecule has 4 rings (SSSR count). The SMILES string of the molecule is COc1cc(Nc2c(C#N)cnc3cc(NCCn4ccnn4)c(OC)cc23)c(Cl)cc1Cl. The van der Waals surface area contributed by atoms with Crippen LogP contribution in [0.5, 0.6) is 11.5 Å². The number of ether oxygens (including phenoxy) is 2. The van der Waals surface area contributed by atoms with Crippen LogP contribution in [0.2, 0.25) is 10.0 Å². The Kier molecular flexibility index (Phi) is 6.68. The van der Waals surface area contributed by atoms with Crippen molar-refractivity contribution in [3.8, 4) is 17.6 Å². The molecular formula is C22H19Cl2N7O2. The quantitative estimate of drug-likeness (QED) is 0.364. The molecule has 0 bridgehead atoms. The van der Waals surface area contributed by atoms with Gasteiger partial charge in [-0.3, -0.25) is 9.67 Å². The lowest BCUT2D eigenvalue weighted by Crippen LogP contribution is -2.11. The predicted molar refractivity (Wildman–Crippen MR) is 128 cm³/mol. The average molecular weight is 484 g/mol. The van der Waals surface area contributed by atoms with Crippen molar-refractivity contribution in [3.63, 3.8) is 0 Å². The van der Waals surface area contributed by atoms with Crippen LogP contribution in [0.3, 0.4) is 0 Å². The molecule has 9 nitrogen and oxygen atoms in total. The van der Waals surface area contributed by atoms with E-state index in [4.69, 9.17) is 32.7 Å². The number of nitrogens with zero attached hydrogens (tertiary/aromatic N) is 5. The summed E-state index contributed by atoms with van der Waals surface area (Å²) < 4.78 is 12.6. The number of hydrogen-bond acceptors (Lipinski definition) is 8. The van der Waals surface area contributed by atoms with Gasteiger partial charge < -0.3 is 20.1 Å². The van der Waals surface area contributed by atoms with Gasteiger partial charge in [0.15, 0.2) is 0 Å². The molecule has 0 unspecified atom stereocenters. The summed E-state index contributed by atoms with van der Waals surface area (Å²) in [6, 6.07) is 9.12. The maximum Gasteiger partial charge on any atom is 0.142 e. The molecule has 4 aromatic rings. The average Bonchev–Trinajstić information content (AvgIpc) is 3.34. The maximum atomic E-state index is 9.69. The van der Waals surface area contributed by atoms with Gasteiger partial charge in [-0.25, -0.2) is 0 Å². The third kappa shape index (κ3) is 4.72. The Morgan fingerprint density at radius 2 is 1.88 bits per heavy atom. The molecule has 33 heavy (non-hydrogen) atoms. The van der Waals surface area contributed by atoms with E-state index in [0.717, 1.165) is 5.69 Å². The summed E-state index contributed by atoms with van der Waals surface area (Å²) in [5, 5.41) is 25.5. The van der Waals surface area contributed by atoms with Crippen LogP contribution in [-0.4, -0.2) is 40.7 Å². The summed E-state index contributed by atoms with van der Waals surface area (Å²) in [4.78, 5) is 4.45. The van der Waals surface area contributed by atoms with Gasteiger partial charge >= 0.3 is 0 Å². The molecule has 0 aliphatic carbocycles. The Morgan fingerprint density at radius 3 is 2.58 bits per heavy atom. The molecular weight excluding hydrogens is 465 g/mol. The first-order valence-corrected chi connectivity index (χ1v) is 10.6. The second-order valence-corrected chi connectivity index (χ2v) is 7.73. The van der Waals surface area contributed by atoms with Crippen LogP contribution in [0.25, 0.3) is 10.9 Å². The zero-order valence-electron chi connectivity index (χ0n) is 17.8. The van der Waals surface area contributed by atoms with E-state index in [9.17, 15) is 5.26 Å². The largest absolute Gasteiger partial charge is 0.495 e. The van der Waals surface area contributed by atoms with E-state index < -0.39 is 0 Å². The normalized spacial score (nSPS) is 10.6. The summed E-state index contributed by atoms with van der Waals surface area (Å²) in [5.74, 6) is 1.05. The molecule has 2 aromatic carbocycles. The topological polar surface area (TPSA) is 110 Å². The number of nitrogens with one attached hydrogen (secondary N) is 2. The molecule has 11 heteroatoms. The molecule has 0 aliphatic rings. The number of rotatable bonds is 8. The highest BCUT2D eigenvalue weighted by atomic mass is 35.5. The fourth-order valence-corrected chi connectivity index (χ4v) is 3.83. The van der Waals surface area contributed by atoms with Crippen LogP contribution in [0.4, 0.5) is 17.1 Å². The highest BCUT2D eigenvalue weighted by molar-refractivity contribution is 6.37. The molecule has 0 atom stereocenters. The molecule has 0 spiro atoms. The third-order valence-electron chi connectivity index (χ3n) is 4.94. The van der Waals surface area contributed by atoms with Crippen LogP contribution < -0.4 is 20.1 Å². The Balaban J connectivity index is 1.72. The van der Waals surface area contributed by atoms with Crippen molar-refractivity contribution in [2.45, 2.75) is 6.54 Å². The van der Waals surface area contributed by atoms with Gasteiger partial charge in [-0.1, -0.05) is 28.4 Å². The first-order chi connectivity index (χ1) is 16.0. The van der Waals surface area contributed by atoms with E-state index in [1.54, 1.807) is 36.3 Å². The van der Waals surface area contributed by atoms with Crippen molar-refractivity contribution in [1.82, 2.24) is 20.0 Å². The first-order valence-electron chi connectivity index (χ1n) is 9.83. The summed E-state index contributed by atoms with van der Waals surface area (Å²) in [7, 11) is 3.10. The number of pyridine rings is 1. The van der Waals surface area contributed by atoms with Gasteiger partial charge in [0.2, 0.25) is 0 Å². The number of methoxy groups -OCH3 is 2. The molecule has 168 valence electrons. The van der Waals surface area contributed by atoms with Gasteiger partial charge in [0, 0.05) is 30.4 Å². The van der Waals surface area contributed by atoms with Gasteiger partial charge in [0.25, 0.3) is 0 Å². The molecule has 2 N–H and O–H groups in total. The van der Waals surface area contributed by atoms with E-state index in [0.29, 0.717) is 62.5 Å². The van der Waals surface area contributed by atoms with Crippen molar-refractivity contribution >= 4 is 51.2 Å². The predicted octanol–water partition coefficient (Wildman–Crippen LogP) is 4.88. The second-order valence-electron chi connectivity index (χ2n) is 6.91. The maximum absolute atomic E-state index is 9.69. The number of anilines is 3. The Hall–Kier alpha value is -3.74. The van der Waals surface area contributed by atoms with Crippen LogP contribution in [0.1, 0.15) is 5.56 Å². The van der Waals surface area contributed by atoms with Crippen LogP contribution >= 0.6 is 23.2 Å². The van der Waals surface area contributed by atoms with Gasteiger partial charge in [0.05, 0.1) is 65.1 Å². The summed E-state index contributed by atoms with van der Waals surface area (Å²) in [6.45, 7) is 1.23. The monoisotopic (exact) mass is 483 g/mol. The van der Waals surface area contributed by atoms with Gasteiger partial charge in [0.1, 0.15) is 17.6 Å². The Labute approximate surface area is 199 Å². The highest BCUT2D eigenvalue weighted by Gasteiger charge is 2.16. The molecule has 0 fully saturated rings. The number of aromatic nitrogens is 4. The number of hydrogen-bond donors (Lipinski definition) is 2. The smallest absolute Gasteiger partial charge is 0.142 e. The van der Waals surface area contributed by atoms with E-state index in [2.05, 4.69) is 32.0 Å². The lowest BCUT2D eigenvalue weighted by Gasteiger charge is -2.17. The zero-order valence-corrected chi connectivity index (χ0v) is 19.3. The molecule has 2 aromatic heterocycles. The van der Waals surface area contributed by atoms with Crippen molar-refractivity contribution in [2.24, 2.45) is 0 Å². The molecule has 0 radical (unpaired) electrons. The zero-order chi connectivity index (χ0) is 23.4. The van der Waals surface area contributed by atoms with E-state index in [-0.39, 0.29) is 0 Å². The van der Waals surface area contributed by atoms with Crippen LogP contribution in [0.15, 0.2) is 42.9 Å². The molecule has 0 aliphatic heterocycles. The molecule has 0 saturated heterocycles. The van der Waals surface area contributed by atoms with Crippen molar-refractivity contribution in [3.05, 3.63) is 58.5 Å². The summed E-state index contributed by atoms with van der Waals surface area (Å²) >= 11 is 12.5. The van der Waals surface area contributed by atoms with Crippen molar-refractivity contribution in [1.29, 1.82) is 5.26 Å². The van der Waals surface area contributed by atoms with Gasteiger partial charge in [-0.05, 0) is 18.2 Å². The second kappa shape index (κ2) is 9.81. The minimum absolute atomic E-state index is 0.349. The fraction of sp³-hybridized carbons (Fsp3) is 0.182. The number of fused-ring (bicyclic) bond motifs is 1. The van der Waals surface area contributed by atoms with Crippen molar-refractivity contribution in [2.75, 3.05) is 31.4 Å². The number of benzene rings is 2. The lowest BCUT2D eigenvalue weighted by molar-refractivity contribution is 0.415. The van der Waals surface area contributed by atoms with Crippen molar-refractivity contribution < 1.29 is 9.47 Å². The summed E-state index contributed by atoms with van der Waals surface area (Å²) in [5.41, 5.74) is 2.86. The Bertz CT molecular complexity index is 1340. The van der Waals surface area contributed by atoms with E-state index in [1.807, 2.05) is 12.1 Å². The third-order valence-corrected chi connectivity index (χ3v) is 5.55. The summed E-state index contributed by atoms with van der Waals surface area (Å²) in [6.07, 6.45) is 4.93. The highest BCUT2D eigenvalue weighted by Crippen LogP contribution is 2.39. The van der Waals surface area contributed by atoms with E-state index in [1.165, 1.54) is 13.3 Å². The van der Waals surface area contributed by atoms with Crippen LogP contribution in [0, 0.1) is 11.3 Å². The minimum atomic E-state index is 0.349. The van der Waals surface area contributed by atoms with Gasteiger partial charge in [-0.15, -0.1) is 5.10 Å². The fourth-order valence-electron chi connectivity index (χ4n) is 3.32.